The fourth-order valence-corrected chi connectivity index (χ4v) is 4.24. The summed E-state index contributed by atoms with van der Waals surface area (Å²) in [6, 6.07) is 1.86. The summed E-state index contributed by atoms with van der Waals surface area (Å²) in [5, 5.41) is 3.05. The number of rotatable bonds is 4. The third kappa shape index (κ3) is 4.28. The van der Waals surface area contributed by atoms with Crippen molar-refractivity contribution in [3.63, 3.8) is 0 Å². The van der Waals surface area contributed by atoms with Gasteiger partial charge in [0.1, 0.15) is 0 Å². The molecule has 0 unspecified atom stereocenters. The molecule has 1 saturated heterocycles. The number of nitrogens with zero attached hydrogens (tertiary/aromatic N) is 1. The molecule has 1 aliphatic heterocycles. The van der Waals surface area contributed by atoms with Gasteiger partial charge >= 0.3 is 0 Å². The van der Waals surface area contributed by atoms with E-state index in [0.29, 0.717) is 5.92 Å². The molecule has 6 heteroatoms. The Hall–Kier alpha value is 0.0900. The van der Waals surface area contributed by atoms with Crippen molar-refractivity contribution in [2.24, 2.45) is 5.92 Å². The molecule has 3 nitrogen and oxygen atoms in total. The van der Waals surface area contributed by atoms with Crippen LogP contribution < -0.4 is 5.32 Å². The summed E-state index contributed by atoms with van der Waals surface area (Å²) in [6.07, 6.45) is 2.37. The van der Waals surface area contributed by atoms with Crippen LogP contribution in [0.25, 0.3) is 0 Å². The molecule has 1 aliphatic rings. The number of hydrogen-bond acceptors (Lipinski definition) is 3. The first kappa shape index (κ1) is 15.5. The normalized spacial score (nSPS) is 17.6. The van der Waals surface area contributed by atoms with Gasteiger partial charge in [0.2, 0.25) is 0 Å². The third-order valence-electron chi connectivity index (χ3n) is 3.57. The smallest absolute Gasteiger partial charge is 0.261 e. The average molecular weight is 410 g/mol. The molecule has 2 rings (SSSR count). The molecule has 0 spiro atoms. The van der Waals surface area contributed by atoms with Crippen LogP contribution in [-0.4, -0.2) is 37.0 Å². The van der Waals surface area contributed by atoms with Gasteiger partial charge in [-0.05, 0) is 76.3 Å². The predicted octanol–water partition coefficient (Wildman–Crippen LogP) is 3.73. The molecule has 19 heavy (non-hydrogen) atoms. The van der Waals surface area contributed by atoms with E-state index in [1.54, 1.807) is 0 Å². The van der Waals surface area contributed by atoms with E-state index in [-0.39, 0.29) is 5.91 Å². The van der Waals surface area contributed by atoms with Crippen LogP contribution in [-0.2, 0) is 0 Å². The molecule has 106 valence electrons. The minimum Gasteiger partial charge on any atom is -0.351 e. The Morgan fingerprint density at radius 3 is 2.68 bits per heavy atom. The van der Waals surface area contributed by atoms with Gasteiger partial charge in [-0.3, -0.25) is 4.79 Å². The fourth-order valence-electron chi connectivity index (χ4n) is 2.29. The third-order valence-corrected chi connectivity index (χ3v) is 6.83. The van der Waals surface area contributed by atoms with Gasteiger partial charge < -0.3 is 10.2 Å². The lowest BCUT2D eigenvalue weighted by Crippen LogP contribution is -2.38. The highest BCUT2D eigenvalue weighted by atomic mass is 79.9. The maximum atomic E-state index is 12.0. The number of thiophene rings is 1. The number of halogens is 2. The largest absolute Gasteiger partial charge is 0.351 e. The Kier molecular flexibility index (Phi) is 5.87. The van der Waals surface area contributed by atoms with E-state index in [1.807, 2.05) is 6.07 Å². The lowest BCUT2D eigenvalue weighted by molar-refractivity contribution is 0.0941. The van der Waals surface area contributed by atoms with Crippen LogP contribution in [0.5, 0.6) is 0 Å². The Labute approximate surface area is 135 Å². The number of hydrogen-bond donors (Lipinski definition) is 1. The van der Waals surface area contributed by atoms with Crippen molar-refractivity contribution in [2.45, 2.75) is 19.8 Å². The highest BCUT2D eigenvalue weighted by Gasteiger charge is 2.19. The minimum atomic E-state index is 0.0364. The van der Waals surface area contributed by atoms with Crippen LogP contribution in [0.1, 0.15) is 29.4 Å². The second-order valence-corrected chi connectivity index (χ2v) is 8.04. The Morgan fingerprint density at radius 2 is 2.16 bits per heavy atom. The first-order chi connectivity index (χ1) is 9.10. The molecule has 1 amide bonds. The summed E-state index contributed by atoms with van der Waals surface area (Å²) in [5.41, 5.74) is 0. The molecule has 0 bridgehead atoms. The molecule has 2 heterocycles. The number of nitrogens with one attached hydrogen (secondary N) is 1. The fraction of sp³-hybridized carbons (Fsp3) is 0.615. The molecule has 1 N–H and O–H groups in total. The predicted molar refractivity (Wildman–Crippen MR) is 86.9 cm³/mol. The topological polar surface area (TPSA) is 32.3 Å². The van der Waals surface area contributed by atoms with Crippen molar-refractivity contribution in [1.82, 2.24) is 10.2 Å². The minimum absolute atomic E-state index is 0.0364. The lowest BCUT2D eigenvalue weighted by Gasteiger charge is -2.30. The van der Waals surface area contributed by atoms with Crippen molar-refractivity contribution in [2.75, 3.05) is 26.2 Å². The Bertz CT molecular complexity index is 422. The summed E-state index contributed by atoms with van der Waals surface area (Å²) in [7, 11) is 0. The molecule has 1 fully saturated rings. The van der Waals surface area contributed by atoms with E-state index >= 15 is 0 Å². The second kappa shape index (κ2) is 7.20. The van der Waals surface area contributed by atoms with Crippen molar-refractivity contribution in [1.29, 1.82) is 0 Å². The number of piperidine rings is 1. The number of likely N-dealkylation sites (tertiary alicyclic amines) is 1. The van der Waals surface area contributed by atoms with Gasteiger partial charge in [0, 0.05) is 11.0 Å². The molecule has 0 aromatic carbocycles. The van der Waals surface area contributed by atoms with Crippen LogP contribution in [0, 0.1) is 5.92 Å². The van der Waals surface area contributed by atoms with Crippen LogP contribution in [0.15, 0.2) is 14.3 Å². The van der Waals surface area contributed by atoms with Crippen molar-refractivity contribution >= 4 is 49.1 Å². The van der Waals surface area contributed by atoms with E-state index in [1.165, 1.54) is 24.2 Å². The van der Waals surface area contributed by atoms with E-state index < -0.39 is 0 Å². The highest BCUT2D eigenvalue weighted by Crippen LogP contribution is 2.32. The number of carbonyl (C=O) groups excluding carboxylic acids is 1. The van der Waals surface area contributed by atoms with Gasteiger partial charge in [-0.15, -0.1) is 11.3 Å². The van der Waals surface area contributed by atoms with Gasteiger partial charge in [-0.25, -0.2) is 0 Å². The Balaban J connectivity index is 1.78. The Morgan fingerprint density at radius 1 is 1.47 bits per heavy atom. The molecule has 0 radical (unpaired) electrons. The average Bonchev–Trinajstić information content (AvgIpc) is 2.77. The van der Waals surface area contributed by atoms with Gasteiger partial charge in [-0.1, -0.05) is 6.92 Å². The molecule has 0 saturated carbocycles. The van der Waals surface area contributed by atoms with E-state index in [0.717, 1.165) is 39.3 Å². The molecular weight excluding hydrogens is 392 g/mol. The number of amides is 1. The molecule has 1 aromatic heterocycles. The lowest BCUT2D eigenvalue weighted by atomic mass is 9.97. The first-order valence-electron chi connectivity index (χ1n) is 6.55. The second-order valence-electron chi connectivity index (χ2n) is 4.82. The zero-order valence-electron chi connectivity index (χ0n) is 10.9. The maximum absolute atomic E-state index is 12.0. The van der Waals surface area contributed by atoms with Crippen LogP contribution in [0.4, 0.5) is 0 Å². The van der Waals surface area contributed by atoms with E-state index in [2.05, 4.69) is 49.0 Å². The summed E-state index contributed by atoms with van der Waals surface area (Å²) in [6.45, 7) is 6.45. The van der Waals surface area contributed by atoms with Crippen LogP contribution in [0.2, 0.25) is 0 Å². The molecule has 0 aliphatic carbocycles. The van der Waals surface area contributed by atoms with E-state index in [9.17, 15) is 4.79 Å². The highest BCUT2D eigenvalue weighted by molar-refractivity contribution is 9.13. The standard InChI is InChI=1S/C13H18Br2N2OS/c1-2-17-5-3-9(4-6-17)8-16-13(18)11-7-10(14)12(15)19-11/h7,9H,2-6,8H2,1H3,(H,16,18). The molecule has 0 atom stereocenters. The summed E-state index contributed by atoms with van der Waals surface area (Å²) >= 11 is 8.28. The zero-order chi connectivity index (χ0) is 13.8. The monoisotopic (exact) mass is 408 g/mol. The van der Waals surface area contributed by atoms with Gasteiger partial charge in [0.05, 0.1) is 8.66 Å². The SMILES string of the molecule is CCN1CCC(CNC(=O)c2cc(Br)c(Br)s2)CC1. The summed E-state index contributed by atoms with van der Waals surface area (Å²) < 4.78 is 1.91. The zero-order valence-corrected chi connectivity index (χ0v) is 14.9. The summed E-state index contributed by atoms with van der Waals surface area (Å²) in [5.74, 6) is 0.660. The first-order valence-corrected chi connectivity index (χ1v) is 8.95. The quantitative estimate of drug-likeness (QED) is 0.821. The van der Waals surface area contributed by atoms with Gasteiger partial charge in [-0.2, -0.15) is 0 Å². The maximum Gasteiger partial charge on any atom is 0.261 e. The van der Waals surface area contributed by atoms with Gasteiger partial charge in [0.15, 0.2) is 0 Å². The summed E-state index contributed by atoms with van der Waals surface area (Å²) in [4.78, 5) is 15.2. The van der Waals surface area contributed by atoms with Crippen LogP contribution in [0.3, 0.4) is 0 Å². The van der Waals surface area contributed by atoms with Crippen molar-refractivity contribution < 1.29 is 4.79 Å². The molecule has 1 aromatic rings. The van der Waals surface area contributed by atoms with Crippen molar-refractivity contribution in [3.05, 3.63) is 19.2 Å². The van der Waals surface area contributed by atoms with E-state index in [4.69, 9.17) is 0 Å². The van der Waals surface area contributed by atoms with Crippen LogP contribution >= 0.6 is 43.2 Å². The number of carbonyl (C=O) groups is 1. The van der Waals surface area contributed by atoms with Crippen molar-refractivity contribution in [3.8, 4) is 0 Å². The van der Waals surface area contributed by atoms with Gasteiger partial charge in [0.25, 0.3) is 5.91 Å². The molecular formula is C13H18Br2N2OS.